The molecule has 0 atom stereocenters. The summed E-state index contributed by atoms with van der Waals surface area (Å²) in [4.78, 5) is 29.1. The van der Waals surface area contributed by atoms with Crippen molar-refractivity contribution in [3.63, 3.8) is 0 Å². The lowest BCUT2D eigenvalue weighted by atomic mass is 10.0. The van der Waals surface area contributed by atoms with E-state index in [4.69, 9.17) is 10.5 Å². The number of alkyl halides is 3. The maximum atomic E-state index is 13.8. The maximum absolute atomic E-state index is 13.8. The van der Waals surface area contributed by atoms with Crippen LogP contribution in [0.4, 0.5) is 17.6 Å². The van der Waals surface area contributed by atoms with Gasteiger partial charge in [-0.05, 0) is 65.4 Å². The molecule has 0 spiro atoms. The first-order chi connectivity index (χ1) is 23.3. The molecule has 262 valence electrons. The maximum Gasteiger partial charge on any atom is 0.416 e. The van der Waals surface area contributed by atoms with Gasteiger partial charge in [0.15, 0.2) is 0 Å². The van der Waals surface area contributed by atoms with Gasteiger partial charge in [-0.1, -0.05) is 67.3 Å². The van der Waals surface area contributed by atoms with Crippen LogP contribution in [0.25, 0.3) is 11.1 Å². The molecule has 2 amide bonds. The highest BCUT2D eigenvalue weighted by Gasteiger charge is 2.30. The fourth-order valence-corrected chi connectivity index (χ4v) is 5.51. The van der Waals surface area contributed by atoms with Gasteiger partial charge in [0.05, 0.1) is 10.6 Å². The molecule has 0 radical (unpaired) electrons. The molecule has 0 aliphatic heterocycles. The number of nitrogens with one attached hydrogen (secondary N) is 1. The Kier molecular flexibility index (Phi) is 15.1. The number of allylic oxidation sites excluding steroid dienone is 1. The van der Waals surface area contributed by atoms with E-state index < -0.39 is 11.7 Å². The van der Waals surface area contributed by atoms with Gasteiger partial charge in [-0.3, -0.25) is 9.59 Å². The number of nitrogens with two attached hydrogens (primary N) is 1. The topological polar surface area (TPSA) is 87.9 Å². The van der Waals surface area contributed by atoms with Crippen LogP contribution in [0.1, 0.15) is 30.0 Å². The number of ether oxygens (including phenoxy) is 1. The van der Waals surface area contributed by atoms with Gasteiger partial charge in [-0.25, -0.2) is 4.39 Å². The Balaban J connectivity index is 1.79. The van der Waals surface area contributed by atoms with Gasteiger partial charge < -0.3 is 25.6 Å². The molecular formula is C37H42F4N4O3S. The van der Waals surface area contributed by atoms with E-state index in [1.165, 1.54) is 43.1 Å². The molecule has 3 rings (SSSR count). The molecule has 3 aromatic carbocycles. The fraction of sp³-hybridized carbons (Fsp3) is 0.297. The number of methoxy groups -OCH3 is 1. The number of hydrogen-bond acceptors (Lipinski definition) is 6. The predicted molar refractivity (Wildman–Crippen MR) is 187 cm³/mol. The van der Waals surface area contributed by atoms with Gasteiger partial charge >= 0.3 is 6.18 Å². The second-order valence-electron chi connectivity index (χ2n) is 11.3. The number of carbonyl (C=O) groups is 2. The van der Waals surface area contributed by atoms with Crippen LogP contribution in [0.2, 0.25) is 0 Å². The highest BCUT2D eigenvalue weighted by molar-refractivity contribution is 8.02. The number of thioether (sulfide) groups is 1. The lowest BCUT2D eigenvalue weighted by molar-refractivity contribution is -0.137. The van der Waals surface area contributed by atoms with Gasteiger partial charge in [0.25, 0.3) is 0 Å². The van der Waals surface area contributed by atoms with Crippen molar-refractivity contribution in [1.82, 2.24) is 15.1 Å². The highest BCUT2D eigenvalue weighted by Crippen LogP contribution is 2.31. The van der Waals surface area contributed by atoms with Crippen LogP contribution in [-0.2, 0) is 32.8 Å². The Morgan fingerprint density at radius 3 is 2.10 bits per heavy atom. The first-order valence-corrected chi connectivity index (χ1v) is 16.5. The van der Waals surface area contributed by atoms with E-state index in [2.05, 4.69) is 18.5 Å². The molecule has 3 N–H and O–H groups in total. The number of carbonyl (C=O) groups excluding carboxylic acids is 2. The number of amides is 2. The second-order valence-corrected chi connectivity index (χ2v) is 12.3. The summed E-state index contributed by atoms with van der Waals surface area (Å²) in [5.41, 5.74) is 9.82. The summed E-state index contributed by atoms with van der Waals surface area (Å²) in [5, 5.41) is 3.37. The second kappa shape index (κ2) is 19.0. The zero-order chi connectivity index (χ0) is 36.0. The smallest absolute Gasteiger partial charge is 0.375 e. The molecule has 0 aliphatic carbocycles. The summed E-state index contributed by atoms with van der Waals surface area (Å²) in [6.45, 7) is 11.1. The van der Waals surface area contributed by atoms with E-state index >= 15 is 0 Å². The van der Waals surface area contributed by atoms with Crippen LogP contribution in [0.5, 0.6) is 0 Å². The molecular weight excluding hydrogens is 656 g/mol. The third-order valence-corrected chi connectivity index (χ3v) is 8.47. The van der Waals surface area contributed by atoms with Gasteiger partial charge in [-0.15, -0.1) is 11.8 Å². The molecule has 0 unspecified atom stereocenters. The lowest BCUT2D eigenvalue weighted by Gasteiger charge is -2.28. The quantitative estimate of drug-likeness (QED) is 0.109. The number of hydrogen-bond donors (Lipinski definition) is 2. The van der Waals surface area contributed by atoms with Gasteiger partial charge in [0.1, 0.15) is 19.0 Å². The Hall–Kier alpha value is -4.39. The van der Waals surface area contributed by atoms with Crippen LogP contribution < -0.4 is 11.1 Å². The summed E-state index contributed by atoms with van der Waals surface area (Å²) >= 11 is 1.40. The molecule has 49 heavy (non-hydrogen) atoms. The zero-order valence-electron chi connectivity index (χ0n) is 27.7. The summed E-state index contributed by atoms with van der Waals surface area (Å²) < 4.78 is 57.3. The Labute approximate surface area is 289 Å². The fourth-order valence-electron chi connectivity index (χ4n) is 4.70. The van der Waals surface area contributed by atoms with Gasteiger partial charge in [0.2, 0.25) is 11.8 Å². The molecule has 0 fully saturated rings. The number of nitrogens with zero attached hydrogens (tertiary/aromatic N) is 2. The Morgan fingerprint density at radius 1 is 0.959 bits per heavy atom. The Bertz CT molecular complexity index is 1590. The first-order valence-electron chi connectivity index (χ1n) is 15.5. The first kappa shape index (κ1) is 39.1. The van der Waals surface area contributed by atoms with Crippen molar-refractivity contribution in [1.29, 1.82) is 0 Å². The minimum absolute atomic E-state index is 0.0572. The average Bonchev–Trinajstić information content (AvgIpc) is 3.06. The Morgan fingerprint density at radius 2 is 1.55 bits per heavy atom. The molecule has 12 heteroatoms. The zero-order valence-corrected chi connectivity index (χ0v) is 28.5. The largest absolute Gasteiger partial charge is 0.416 e. The molecule has 0 heterocycles. The highest BCUT2D eigenvalue weighted by atomic mass is 32.2. The summed E-state index contributed by atoms with van der Waals surface area (Å²) in [6.07, 6.45) is -2.15. The molecule has 0 saturated carbocycles. The van der Waals surface area contributed by atoms with Crippen molar-refractivity contribution in [2.24, 2.45) is 5.73 Å². The van der Waals surface area contributed by atoms with Crippen molar-refractivity contribution in [2.45, 2.75) is 31.8 Å². The van der Waals surface area contributed by atoms with E-state index in [1.54, 1.807) is 34.1 Å². The van der Waals surface area contributed by atoms with Crippen LogP contribution >= 0.6 is 11.8 Å². The van der Waals surface area contributed by atoms with E-state index in [0.717, 1.165) is 40.0 Å². The molecule has 0 aromatic heterocycles. The van der Waals surface area contributed by atoms with Crippen LogP contribution in [-0.4, -0.2) is 61.5 Å². The van der Waals surface area contributed by atoms with Crippen LogP contribution in [0.3, 0.4) is 0 Å². The standard InChI is InChI=1S/C37H42F4N4O3S/c1-26(2)32(17-19-43-35(46)24-48-4)22-45(27(3)49-25-29-7-15-34(38)16-8-29)23-36(47)44(20-18-42)21-28-5-9-30(10-6-28)31-11-13-33(14-12-31)37(39,40)41/h5-16,22H,1,3,17-21,23-25,42H2,2,4H3,(H,43,46)/b32-22-. The van der Waals surface area contributed by atoms with Crippen molar-refractivity contribution in [3.05, 3.63) is 131 Å². The lowest BCUT2D eigenvalue weighted by Crippen LogP contribution is -2.40. The summed E-state index contributed by atoms with van der Waals surface area (Å²) in [6, 6.07) is 18.4. The average molecular weight is 699 g/mol. The third-order valence-electron chi connectivity index (χ3n) is 7.42. The number of benzene rings is 3. The predicted octanol–water partition coefficient (Wildman–Crippen LogP) is 7.12. The minimum Gasteiger partial charge on any atom is -0.375 e. The minimum atomic E-state index is -4.41. The number of halogens is 4. The van der Waals surface area contributed by atoms with Crippen molar-refractivity contribution in [2.75, 3.05) is 39.9 Å². The molecule has 7 nitrogen and oxygen atoms in total. The van der Waals surface area contributed by atoms with E-state index in [9.17, 15) is 27.2 Å². The van der Waals surface area contributed by atoms with Crippen molar-refractivity contribution >= 4 is 23.6 Å². The molecule has 0 saturated heterocycles. The van der Waals surface area contributed by atoms with Gasteiger partial charge in [-0.2, -0.15) is 13.2 Å². The van der Waals surface area contributed by atoms with E-state index in [0.29, 0.717) is 29.3 Å². The van der Waals surface area contributed by atoms with E-state index in [-0.39, 0.29) is 50.4 Å². The monoisotopic (exact) mass is 698 g/mol. The molecule has 3 aromatic rings. The van der Waals surface area contributed by atoms with E-state index in [1.807, 2.05) is 25.3 Å². The van der Waals surface area contributed by atoms with Crippen LogP contribution in [0.15, 0.2) is 108 Å². The van der Waals surface area contributed by atoms with Gasteiger partial charge in [0, 0.05) is 45.2 Å². The normalized spacial score (nSPS) is 11.6. The summed E-state index contributed by atoms with van der Waals surface area (Å²) in [7, 11) is 1.44. The summed E-state index contributed by atoms with van der Waals surface area (Å²) in [5.74, 6) is -0.308. The third kappa shape index (κ3) is 12.9. The molecule has 0 aliphatic rings. The number of rotatable bonds is 18. The molecule has 0 bridgehead atoms. The van der Waals surface area contributed by atoms with Crippen molar-refractivity contribution < 1.29 is 31.9 Å². The SMILES string of the molecule is C=C(C)/C(=C\N(CC(=O)N(CCN)Cc1ccc(-c2ccc(C(F)(F)F)cc2)cc1)C(=C)SCc1ccc(F)cc1)CCNC(=O)COC. The van der Waals surface area contributed by atoms with Crippen molar-refractivity contribution in [3.8, 4) is 11.1 Å². The van der Waals surface area contributed by atoms with Crippen LogP contribution in [0, 0.1) is 5.82 Å².